The van der Waals surface area contributed by atoms with Crippen LogP contribution in [0.2, 0.25) is 0 Å². The second-order valence-corrected chi connectivity index (χ2v) is 5.35. The Balaban J connectivity index is 1.97. The highest BCUT2D eigenvalue weighted by molar-refractivity contribution is 5.13. The van der Waals surface area contributed by atoms with Gasteiger partial charge in [-0.1, -0.05) is 0 Å². The fraction of sp³-hybridized carbons (Fsp3) is 0.909. The van der Waals surface area contributed by atoms with Crippen LogP contribution in [-0.4, -0.2) is 11.2 Å². The maximum Gasteiger partial charge on any atom is 0.0690 e. The third-order valence-electron chi connectivity index (χ3n) is 4.46. The highest BCUT2D eigenvalue weighted by atomic mass is 16.3. The predicted octanol–water partition coefficient (Wildman–Crippen LogP) is 1.70. The molecule has 0 aromatic heterocycles. The summed E-state index contributed by atoms with van der Waals surface area (Å²) in [5, 5.41) is 19.1. The number of aliphatic hydroxyl groups excluding tert-OH is 1. The van der Waals surface area contributed by atoms with Gasteiger partial charge in [-0.25, -0.2) is 0 Å². The first-order valence-electron chi connectivity index (χ1n) is 5.32. The van der Waals surface area contributed by atoms with Crippen LogP contribution >= 0.6 is 0 Å². The van der Waals surface area contributed by atoms with Crippen molar-refractivity contribution in [2.75, 3.05) is 0 Å². The molecule has 2 nitrogen and oxygen atoms in total. The predicted molar refractivity (Wildman–Crippen MR) is 47.6 cm³/mol. The number of rotatable bonds is 0. The summed E-state index contributed by atoms with van der Waals surface area (Å²) in [4.78, 5) is 0. The van der Waals surface area contributed by atoms with Gasteiger partial charge in [-0.3, -0.25) is 0 Å². The number of hydrogen-bond acceptors (Lipinski definition) is 2. The van der Waals surface area contributed by atoms with Crippen LogP contribution in [-0.2, 0) is 0 Å². The first-order chi connectivity index (χ1) is 6.22. The smallest absolute Gasteiger partial charge is 0.0690 e. The number of nitrogens with zero attached hydrogens (tertiary/aromatic N) is 1. The average Bonchev–Trinajstić information content (AvgIpc) is 2.13. The third kappa shape index (κ3) is 0.914. The Hall–Kier alpha value is -0.550. The second kappa shape index (κ2) is 2.27. The lowest BCUT2D eigenvalue weighted by Gasteiger charge is -2.56. The van der Waals surface area contributed by atoms with Crippen molar-refractivity contribution in [1.29, 1.82) is 5.26 Å². The highest BCUT2D eigenvalue weighted by Gasteiger charge is 2.55. The van der Waals surface area contributed by atoms with E-state index in [0.29, 0.717) is 11.8 Å². The Morgan fingerprint density at radius 1 is 1.15 bits per heavy atom. The van der Waals surface area contributed by atoms with E-state index in [4.69, 9.17) is 0 Å². The molecule has 5 atom stereocenters. The van der Waals surface area contributed by atoms with E-state index in [9.17, 15) is 10.4 Å². The van der Waals surface area contributed by atoms with Gasteiger partial charge < -0.3 is 5.11 Å². The highest BCUT2D eigenvalue weighted by Crippen LogP contribution is 2.59. The molecule has 0 spiro atoms. The lowest BCUT2D eigenvalue weighted by Crippen LogP contribution is -2.52. The summed E-state index contributed by atoms with van der Waals surface area (Å²) in [5.41, 5.74) is -0.0320. The van der Waals surface area contributed by atoms with Crippen LogP contribution in [0.4, 0.5) is 0 Å². The monoisotopic (exact) mass is 177 g/mol. The summed E-state index contributed by atoms with van der Waals surface area (Å²) in [7, 11) is 0. The molecule has 0 amide bonds. The fourth-order valence-electron chi connectivity index (χ4n) is 4.13. The zero-order chi connectivity index (χ0) is 9.05. The Labute approximate surface area is 78.6 Å². The van der Waals surface area contributed by atoms with E-state index >= 15 is 0 Å². The molecule has 4 fully saturated rings. The van der Waals surface area contributed by atoms with Gasteiger partial charge in [0.25, 0.3) is 0 Å². The van der Waals surface area contributed by atoms with Crippen LogP contribution < -0.4 is 0 Å². The standard InChI is InChI=1S/C11H15NO/c12-6-11-3-7-1-8(4-11)10(13)9(2-7)5-11/h7-10,13H,1-5H2/t7?,8-,9+,10?,11?. The zero-order valence-corrected chi connectivity index (χ0v) is 7.74. The molecule has 4 bridgehead atoms. The van der Waals surface area contributed by atoms with E-state index in [1.165, 1.54) is 12.8 Å². The molecule has 3 unspecified atom stereocenters. The van der Waals surface area contributed by atoms with Crippen molar-refractivity contribution >= 4 is 0 Å². The molecule has 0 aliphatic heterocycles. The maximum absolute atomic E-state index is 9.93. The Morgan fingerprint density at radius 2 is 1.77 bits per heavy atom. The molecule has 0 aromatic rings. The Morgan fingerprint density at radius 3 is 2.31 bits per heavy atom. The lowest BCUT2D eigenvalue weighted by molar-refractivity contribution is -0.114. The summed E-state index contributed by atoms with van der Waals surface area (Å²) >= 11 is 0. The second-order valence-electron chi connectivity index (χ2n) is 5.35. The fourth-order valence-corrected chi connectivity index (χ4v) is 4.13. The van der Waals surface area contributed by atoms with E-state index in [1.54, 1.807) is 0 Å². The van der Waals surface area contributed by atoms with Crippen molar-refractivity contribution in [2.24, 2.45) is 23.2 Å². The van der Waals surface area contributed by atoms with E-state index in [1.807, 2.05) is 0 Å². The Bertz CT molecular complexity index is 264. The van der Waals surface area contributed by atoms with Crippen LogP contribution in [0.3, 0.4) is 0 Å². The van der Waals surface area contributed by atoms with Crippen molar-refractivity contribution in [3.05, 3.63) is 0 Å². The van der Waals surface area contributed by atoms with E-state index in [0.717, 1.165) is 25.2 Å². The largest absolute Gasteiger partial charge is 0.393 e. The van der Waals surface area contributed by atoms with Gasteiger partial charge in [-0.15, -0.1) is 0 Å². The number of nitriles is 1. The van der Waals surface area contributed by atoms with Crippen LogP contribution in [0.15, 0.2) is 0 Å². The summed E-state index contributed by atoms with van der Waals surface area (Å²) < 4.78 is 0. The molecule has 4 aliphatic rings. The third-order valence-corrected chi connectivity index (χ3v) is 4.46. The van der Waals surface area contributed by atoms with Gasteiger partial charge in [-0.05, 0) is 49.9 Å². The minimum atomic E-state index is -0.0852. The van der Waals surface area contributed by atoms with Crippen LogP contribution in [0.5, 0.6) is 0 Å². The summed E-state index contributed by atoms with van der Waals surface area (Å²) in [6.07, 6.45) is 5.33. The van der Waals surface area contributed by atoms with Gasteiger partial charge >= 0.3 is 0 Å². The molecular formula is C11H15NO. The van der Waals surface area contributed by atoms with Crippen molar-refractivity contribution in [3.63, 3.8) is 0 Å². The quantitative estimate of drug-likeness (QED) is 0.612. The van der Waals surface area contributed by atoms with Gasteiger partial charge in [0.15, 0.2) is 0 Å². The molecule has 4 aliphatic carbocycles. The zero-order valence-electron chi connectivity index (χ0n) is 7.74. The molecular weight excluding hydrogens is 162 g/mol. The SMILES string of the molecule is N#CC12CC3C[C@H](C1)C(O)[C@@H](C3)C2. The van der Waals surface area contributed by atoms with Gasteiger partial charge in [0, 0.05) is 0 Å². The molecule has 0 saturated heterocycles. The van der Waals surface area contributed by atoms with E-state index in [-0.39, 0.29) is 11.5 Å². The number of hydrogen-bond donors (Lipinski definition) is 1. The van der Waals surface area contributed by atoms with E-state index in [2.05, 4.69) is 6.07 Å². The van der Waals surface area contributed by atoms with Gasteiger partial charge in [0.05, 0.1) is 17.6 Å². The van der Waals surface area contributed by atoms with Crippen molar-refractivity contribution in [3.8, 4) is 6.07 Å². The molecule has 0 radical (unpaired) electrons. The van der Waals surface area contributed by atoms with Gasteiger partial charge in [0.1, 0.15) is 0 Å². The minimum Gasteiger partial charge on any atom is -0.393 e. The number of aliphatic hydroxyl groups is 1. The van der Waals surface area contributed by atoms with Gasteiger partial charge in [0.2, 0.25) is 0 Å². The van der Waals surface area contributed by atoms with Crippen LogP contribution in [0.25, 0.3) is 0 Å². The lowest BCUT2D eigenvalue weighted by atomic mass is 9.49. The molecule has 4 rings (SSSR count). The summed E-state index contributed by atoms with van der Waals surface area (Å²) in [5.74, 6) is 1.65. The summed E-state index contributed by atoms with van der Waals surface area (Å²) in [6, 6.07) is 2.52. The minimum absolute atomic E-state index is 0.0320. The normalized spacial score (nSPS) is 57.8. The van der Waals surface area contributed by atoms with Crippen LogP contribution in [0, 0.1) is 34.5 Å². The average molecular weight is 177 g/mol. The first-order valence-corrected chi connectivity index (χ1v) is 5.32. The van der Waals surface area contributed by atoms with Gasteiger partial charge in [-0.2, -0.15) is 5.26 Å². The molecule has 4 saturated carbocycles. The molecule has 0 heterocycles. The van der Waals surface area contributed by atoms with Crippen molar-refractivity contribution < 1.29 is 5.11 Å². The first kappa shape index (κ1) is 7.82. The molecule has 70 valence electrons. The molecule has 0 aromatic carbocycles. The van der Waals surface area contributed by atoms with Crippen molar-refractivity contribution in [2.45, 2.75) is 38.2 Å². The van der Waals surface area contributed by atoms with Crippen molar-refractivity contribution in [1.82, 2.24) is 0 Å². The molecule has 13 heavy (non-hydrogen) atoms. The van der Waals surface area contributed by atoms with Crippen LogP contribution in [0.1, 0.15) is 32.1 Å². The molecule has 2 heteroatoms. The molecule has 1 N–H and O–H groups in total. The maximum atomic E-state index is 9.93. The Kier molecular flexibility index (Phi) is 1.37. The topological polar surface area (TPSA) is 44.0 Å². The van der Waals surface area contributed by atoms with E-state index < -0.39 is 0 Å². The summed E-state index contributed by atoms with van der Waals surface area (Å²) in [6.45, 7) is 0.